The Morgan fingerprint density at radius 2 is 1.91 bits per heavy atom. The molecule has 2 aromatic rings. The normalized spacial score (nSPS) is 24.7. The standard InChI is InChI=1S/C26H31N5O2S/c1-30-16-19(7-9-23(30)32)27-25-24-22(12-15-34(24)33)28-26(29-25)31-13-10-18(11-14-31)21-8-6-17-4-2-3-5-20(17)21/h2-5,8,18-19H,6-7,9-16H2,1H3,(H,27,28,29)/t19-,34?/m0/s1. The van der Waals surface area contributed by atoms with Gasteiger partial charge in [0, 0.05) is 51.3 Å². The van der Waals surface area contributed by atoms with Crippen molar-refractivity contribution in [1.82, 2.24) is 14.9 Å². The van der Waals surface area contributed by atoms with Crippen LogP contribution in [0.25, 0.3) is 5.57 Å². The summed E-state index contributed by atoms with van der Waals surface area (Å²) in [7, 11) is 0.775. The summed E-state index contributed by atoms with van der Waals surface area (Å²) in [4.78, 5) is 26.5. The summed E-state index contributed by atoms with van der Waals surface area (Å²) in [5.74, 6) is 2.83. The van der Waals surface area contributed by atoms with Crippen molar-refractivity contribution in [2.75, 3.05) is 42.7 Å². The van der Waals surface area contributed by atoms with Gasteiger partial charge in [-0.3, -0.25) is 9.00 Å². The Hall–Kier alpha value is -2.74. The molecular weight excluding hydrogens is 446 g/mol. The number of allylic oxidation sites excluding steroid dienone is 2. The minimum absolute atomic E-state index is 0.118. The zero-order valence-electron chi connectivity index (χ0n) is 19.6. The third-order valence-corrected chi connectivity index (χ3v) is 9.19. The summed E-state index contributed by atoms with van der Waals surface area (Å²) in [5.41, 5.74) is 5.31. The van der Waals surface area contributed by atoms with Crippen LogP contribution in [0.1, 0.15) is 42.5 Å². The van der Waals surface area contributed by atoms with Crippen LogP contribution in [0.3, 0.4) is 0 Å². The molecule has 0 saturated carbocycles. The highest BCUT2D eigenvalue weighted by Gasteiger charge is 2.32. The minimum Gasteiger partial charge on any atom is -0.364 e. The first-order valence-electron chi connectivity index (χ1n) is 12.4. The Kier molecular flexibility index (Phi) is 5.63. The number of anilines is 2. The third-order valence-electron chi connectivity index (χ3n) is 7.73. The third kappa shape index (κ3) is 3.91. The minimum atomic E-state index is -1.07. The number of likely N-dealkylation sites (tertiary alicyclic amines) is 1. The largest absolute Gasteiger partial charge is 0.364 e. The van der Waals surface area contributed by atoms with Crippen LogP contribution in [-0.4, -0.2) is 63.5 Å². The molecule has 1 aromatic carbocycles. The number of carbonyl (C=O) groups excluding carboxylic acids is 1. The van der Waals surface area contributed by atoms with Gasteiger partial charge in [-0.05, 0) is 48.3 Å². The van der Waals surface area contributed by atoms with Crippen molar-refractivity contribution in [2.24, 2.45) is 5.92 Å². The lowest BCUT2D eigenvalue weighted by atomic mass is 9.86. The number of likely N-dealkylation sites (N-methyl/N-ethyl adjacent to an activating group) is 1. The first-order chi connectivity index (χ1) is 16.6. The second-order valence-corrected chi connectivity index (χ2v) is 11.4. The number of benzene rings is 1. The molecule has 8 heteroatoms. The molecular formula is C26H31N5O2S. The molecule has 178 valence electrons. The Balaban J connectivity index is 1.20. The molecule has 0 radical (unpaired) electrons. The van der Waals surface area contributed by atoms with Crippen LogP contribution in [0.5, 0.6) is 0 Å². The van der Waals surface area contributed by atoms with E-state index in [9.17, 15) is 9.00 Å². The Morgan fingerprint density at radius 3 is 2.74 bits per heavy atom. The maximum absolute atomic E-state index is 12.7. The zero-order chi connectivity index (χ0) is 23.2. The summed E-state index contributed by atoms with van der Waals surface area (Å²) < 4.78 is 12.7. The van der Waals surface area contributed by atoms with Crippen LogP contribution in [0.4, 0.5) is 11.8 Å². The van der Waals surface area contributed by atoms with Gasteiger partial charge in [0.1, 0.15) is 10.7 Å². The maximum Gasteiger partial charge on any atom is 0.227 e. The maximum atomic E-state index is 12.7. The number of carbonyl (C=O) groups is 1. The number of rotatable bonds is 4. The van der Waals surface area contributed by atoms with E-state index in [-0.39, 0.29) is 11.9 Å². The molecule has 2 saturated heterocycles. The van der Waals surface area contributed by atoms with Crippen LogP contribution in [-0.2, 0) is 28.4 Å². The molecule has 1 aliphatic carbocycles. The monoisotopic (exact) mass is 477 g/mol. The SMILES string of the molecule is CN1C[C@@H](Nc2nc(N3CCC(C4=CCc5ccccc54)CC3)nc3c2S(=O)CC3)CCC1=O. The fraction of sp³-hybridized carbons (Fsp3) is 0.500. The fourth-order valence-electron chi connectivity index (χ4n) is 5.83. The van der Waals surface area contributed by atoms with Gasteiger partial charge < -0.3 is 15.1 Å². The van der Waals surface area contributed by atoms with Crippen LogP contribution in [0.2, 0.25) is 0 Å². The average Bonchev–Trinajstić information content (AvgIpc) is 3.45. The number of aryl methyl sites for hydroxylation is 1. The van der Waals surface area contributed by atoms with Crippen molar-refractivity contribution >= 4 is 34.0 Å². The van der Waals surface area contributed by atoms with Crippen LogP contribution < -0.4 is 10.2 Å². The molecule has 0 spiro atoms. The second kappa shape index (κ2) is 8.80. The molecule has 2 atom stereocenters. The van der Waals surface area contributed by atoms with Gasteiger partial charge in [0.25, 0.3) is 0 Å². The number of piperidine rings is 2. The van der Waals surface area contributed by atoms with Gasteiger partial charge in [-0.2, -0.15) is 4.98 Å². The fourth-order valence-corrected chi connectivity index (χ4v) is 7.15. The lowest BCUT2D eigenvalue weighted by molar-refractivity contribution is -0.132. The quantitative estimate of drug-likeness (QED) is 0.729. The number of hydrogen-bond acceptors (Lipinski definition) is 6. The van der Waals surface area contributed by atoms with Crippen molar-refractivity contribution in [2.45, 2.75) is 49.5 Å². The number of amides is 1. The van der Waals surface area contributed by atoms with E-state index in [0.29, 0.717) is 30.5 Å². The summed E-state index contributed by atoms with van der Waals surface area (Å²) in [6, 6.07) is 8.89. The van der Waals surface area contributed by atoms with Crippen molar-refractivity contribution in [1.29, 1.82) is 0 Å². The lowest BCUT2D eigenvalue weighted by Crippen LogP contribution is -2.43. The first kappa shape index (κ1) is 21.8. The number of aromatic nitrogens is 2. The van der Waals surface area contributed by atoms with Crippen LogP contribution in [0, 0.1) is 5.92 Å². The number of fused-ring (bicyclic) bond motifs is 2. The van der Waals surface area contributed by atoms with Gasteiger partial charge in [-0.1, -0.05) is 30.3 Å². The van der Waals surface area contributed by atoms with Gasteiger partial charge in [-0.25, -0.2) is 4.98 Å². The smallest absolute Gasteiger partial charge is 0.227 e. The topological polar surface area (TPSA) is 78.4 Å². The molecule has 0 bridgehead atoms. The highest BCUT2D eigenvalue weighted by Crippen LogP contribution is 2.39. The van der Waals surface area contributed by atoms with Gasteiger partial charge in [-0.15, -0.1) is 0 Å². The molecule has 1 unspecified atom stereocenters. The molecule has 1 aromatic heterocycles. The van der Waals surface area contributed by atoms with E-state index in [0.717, 1.165) is 61.7 Å². The van der Waals surface area contributed by atoms with Gasteiger partial charge >= 0.3 is 0 Å². The number of hydrogen-bond donors (Lipinski definition) is 1. The predicted molar refractivity (Wildman–Crippen MR) is 134 cm³/mol. The van der Waals surface area contributed by atoms with E-state index >= 15 is 0 Å². The molecule has 6 rings (SSSR count). The van der Waals surface area contributed by atoms with E-state index in [2.05, 4.69) is 40.6 Å². The highest BCUT2D eigenvalue weighted by molar-refractivity contribution is 7.85. The molecule has 1 amide bonds. The van der Waals surface area contributed by atoms with Gasteiger partial charge in [0.2, 0.25) is 11.9 Å². The Morgan fingerprint density at radius 1 is 1.09 bits per heavy atom. The summed E-state index contributed by atoms with van der Waals surface area (Å²) in [5, 5.41) is 3.53. The van der Waals surface area contributed by atoms with Crippen molar-refractivity contribution < 1.29 is 9.00 Å². The molecule has 1 N–H and O–H groups in total. The molecule has 4 aliphatic rings. The Bertz CT molecular complexity index is 1190. The molecule has 2 fully saturated rings. The molecule has 7 nitrogen and oxygen atoms in total. The van der Waals surface area contributed by atoms with Crippen molar-refractivity contribution in [3.8, 4) is 0 Å². The van der Waals surface area contributed by atoms with Crippen molar-refractivity contribution in [3.63, 3.8) is 0 Å². The second-order valence-electron chi connectivity index (χ2n) is 9.88. The first-order valence-corrected chi connectivity index (χ1v) is 13.7. The Labute approximate surface area is 203 Å². The van der Waals surface area contributed by atoms with Gasteiger partial charge in [0.05, 0.1) is 16.5 Å². The van der Waals surface area contributed by atoms with E-state index < -0.39 is 10.8 Å². The van der Waals surface area contributed by atoms with Crippen LogP contribution >= 0.6 is 0 Å². The average molecular weight is 478 g/mol. The lowest BCUT2D eigenvalue weighted by Gasteiger charge is -2.34. The summed E-state index contributed by atoms with van der Waals surface area (Å²) in [6.45, 7) is 2.49. The summed E-state index contributed by atoms with van der Waals surface area (Å²) in [6.07, 6.45) is 7.68. The van der Waals surface area contributed by atoms with E-state index in [4.69, 9.17) is 9.97 Å². The van der Waals surface area contributed by atoms with E-state index in [1.54, 1.807) is 4.90 Å². The number of nitrogens with zero attached hydrogens (tertiary/aromatic N) is 4. The highest BCUT2D eigenvalue weighted by atomic mass is 32.2. The summed E-state index contributed by atoms with van der Waals surface area (Å²) >= 11 is 0. The van der Waals surface area contributed by atoms with E-state index in [1.165, 1.54) is 16.7 Å². The van der Waals surface area contributed by atoms with Crippen molar-refractivity contribution in [3.05, 3.63) is 47.2 Å². The number of nitrogens with one attached hydrogen (secondary N) is 1. The zero-order valence-corrected chi connectivity index (χ0v) is 20.4. The molecule has 4 heterocycles. The van der Waals surface area contributed by atoms with Crippen LogP contribution in [0.15, 0.2) is 35.2 Å². The predicted octanol–water partition coefficient (Wildman–Crippen LogP) is 3.03. The molecule has 3 aliphatic heterocycles. The van der Waals surface area contributed by atoms with Gasteiger partial charge in [0.15, 0.2) is 0 Å². The molecule has 34 heavy (non-hydrogen) atoms. The van der Waals surface area contributed by atoms with E-state index in [1.807, 2.05) is 7.05 Å².